The predicted octanol–water partition coefficient (Wildman–Crippen LogP) is 1.43. The largest absolute Gasteiger partial charge is 0.341 e. The van der Waals surface area contributed by atoms with E-state index in [0.29, 0.717) is 17.0 Å². The number of carbonyl (C=O) groups is 1. The lowest BCUT2D eigenvalue weighted by Gasteiger charge is -2.18. The van der Waals surface area contributed by atoms with Crippen LogP contribution in [0.5, 0.6) is 0 Å². The van der Waals surface area contributed by atoms with Crippen molar-refractivity contribution in [3.63, 3.8) is 0 Å². The van der Waals surface area contributed by atoms with Crippen LogP contribution in [0.3, 0.4) is 0 Å². The Morgan fingerprint density at radius 2 is 1.95 bits per heavy atom. The lowest BCUT2D eigenvalue weighted by molar-refractivity contribution is 0.0788. The zero-order valence-electron chi connectivity index (χ0n) is 12.0. The molecule has 1 aromatic carbocycles. The molecule has 0 atom stereocenters. The maximum atomic E-state index is 12.3. The van der Waals surface area contributed by atoms with E-state index in [1.165, 1.54) is 6.07 Å². The van der Waals surface area contributed by atoms with Crippen LogP contribution >= 0.6 is 0 Å². The van der Waals surface area contributed by atoms with Crippen molar-refractivity contribution < 1.29 is 13.2 Å². The van der Waals surface area contributed by atoms with E-state index < -0.39 is 10.0 Å². The molecule has 0 radical (unpaired) electrons. The van der Waals surface area contributed by atoms with Gasteiger partial charge in [-0.2, -0.15) is 0 Å². The highest BCUT2D eigenvalue weighted by atomic mass is 32.2. The van der Waals surface area contributed by atoms with Gasteiger partial charge in [0.15, 0.2) is 0 Å². The number of carbonyl (C=O) groups excluding carboxylic acids is 1. The lowest BCUT2D eigenvalue weighted by atomic mass is 10.1. The summed E-state index contributed by atoms with van der Waals surface area (Å²) in [6.07, 6.45) is 2.32. The minimum atomic E-state index is -3.82. The molecule has 1 aromatic rings. The molecule has 110 valence electrons. The van der Waals surface area contributed by atoms with E-state index in [1.807, 2.05) is 0 Å². The Kier molecular flexibility index (Phi) is 3.88. The summed E-state index contributed by atoms with van der Waals surface area (Å²) in [4.78, 5) is 14.0. The molecule has 0 spiro atoms. The van der Waals surface area contributed by atoms with Gasteiger partial charge >= 0.3 is 0 Å². The van der Waals surface area contributed by atoms with Crippen LogP contribution in [-0.4, -0.2) is 32.8 Å². The molecule has 20 heavy (non-hydrogen) atoms. The third-order valence-corrected chi connectivity index (χ3v) is 4.79. The summed E-state index contributed by atoms with van der Waals surface area (Å²) in [5.41, 5.74) is 1.72. The molecule has 0 unspecified atom stereocenters. The van der Waals surface area contributed by atoms with Crippen molar-refractivity contribution in [1.82, 2.24) is 4.90 Å². The first-order chi connectivity index (χ1) is 9.20. The molecule has 0 saturated heterocycles. The Balaban J connectivity index is 2.36. The zero-order chi connectivity index (χ0) is 15.1. The molecule has 1 amide bonds. The topological polar surface area (TPSA) is 80.5 Å². The Bertz CT molecular complexity index is 649. The van der Waals surface area contributed by atoms with Crippen LogP contribution < -0.4 is 5.14 Å². The normalized spacial score (nSPS) is 15.2. The summed E-state index contributed by atoms with van der Waals surface area (Å²) in [7, 11) is -2.08. The smallest absolute Gasteiger partial charge is 0.253 e. The molecule has 0 aliphatic heterocycles. The van der Waals surface area contributed by atoms with Crippen LogP contribution in [0.25, 0.3) is 0 Å². The van der Waals surface area contributed by atoms with Crippen molar-refractivity contribution in [3.05, 3.63) is 28.8 Å². The molecule has 0 aromatic heterocycles. The summed E-state index contributed by atoms with van der Waals surface area (Å²) in [6, 6.07) is 3.10. The van der Waals surface area contributed by atoms with Crippen LogP contribution in [-0.2, 0) is 10.0 Å². The van der Waals surface area contributed by atoms with Crippen molar-refractivity contribution in [1.29, 1.82) is 0 Å². The summed E-state index contributed by atoms with van der Waals surface area (Å²) in [6.45, 7) is 4.19. The first-order valence-corrected chi connectivity index (χ1v) is 8.14. The summed E-state index contributed by atoms with van der Waals surface area (Å²) in [5, 5.41) is 5.21. The van der Waals surface area contributed by atoms with Gasteiger partial charge in [0.2, 0.25) is 10.0 Å². The van der Waals surface area contributed by atoms with Gasteiger partial charge in [-0.1, -0.05) is 0 Å². The highest BCUT2D eigenvalue weighted by Crippen LogP contribution is 2.30. The van der Waals surface area contributed by atoms with E-state index in [2.05, 4.69) is 0 Å². The number of rotatable bonds is 4. The molecule has 6 heteroatoms. The molecule has 1 aliphatic rings. The SMILES string of the molecule is Cc1cc(C(=O)N(C)CC2CC2)cc(S(N)(=O)=O)c1C. The van der Waals surface area contributed by atoms with Gasteiger partial charge in [-0.25, -0.2) is 13.6 Å². The predicted molar refractivity (Wildman–Crippen MR) is 77.0 cm³/mol. The van der Waals surface area contributed by atoms with Crippen LogP contribution in [0, 0.1) is 19.8 Å². The van der Waals surface area contributed by atoms with Crippen molar-refractivity contribution in [2.24, 2.45) is 11.1 Å². The Hall–Kier alpha value is -1.40. The third-order valence-electron chi connectivity index (χ3n) is 3.75. The lowest BCUT2D eigenvalue weighted by Crippen LogP contribution is -2.29. The number of aryl methyl sites for hydroxylation is 1. The number of primary sulfonamides is 1. The molecular weight excluding hydrogens is 276 g/mol. The number of hydrogen-bond donors (Lipinski definition) is 1. The summed E-state index contributed by atoms with van der Waals surface area (Å²) in [5.74, 6) is 0.429. The maximum absolute atomic E-state index is 12.3. The Morgan fingerprint density at radius 1 is 1.35 bits per heavy atom. The fourth-order valence-electron chi connectivity index (χ4n) is 2.24. The van der Waals surface area contributed by atoms with Crippen LogP contribution in [0.15, 0.2) is 17.0 Å². The number of nitrogens with two attached hydrogens (primary N) is 1. The van der Waals surface area contributed by atoms with E-state index in [4.69, 9.17) is 5.14 Å². The third kappa shape index (κ3) is 3.19. The second kappa shape index (κ2) is 5.18. The van der Waals surface area contributed by atoms with Crippen LogP contribution in [0.4, 0.5) is 0 Å². The molecule has 2 N–H and O–H groups in total. The van der Waals surface area contributed by atoms with Crippen molar-refractivity contribution >= 4 is 15.9 Å². The van der Waals surface area contributed by atoms with E-state index in [9.17, 15) is 13.2 Å². The number of hydrogen-bond acceptors (Lipinski definition) is 3. The number of amides is 1. The van der Waals surface area contributed by atoms with Gasteiger partial charge < -0.3 is 4.90 Å². The first-order valence-electron chi connectivity index (χ1n) is 6.59. The van der Waals surface area contributed by atoms with E-state index in [-0.39, 0.29) is 10.8 Å². The fourth-order valence-corrected chi connectivity index (χ4v) is 3.12. The summed E-state index contributed by atoms with van der Waals surface area (Å²) < 4.78 is 23.2. The number of nitrogens with zero attached hydrogens (tertiary/aromatic N) is 1. The van der Waals surface area contributed by atoms with Gasteiger partial charge in [-0.3, -0.25) is 4.79 Å². The number of sulfonamides is 1. The average molecular weight is 296 g/mol. The molecule has 0 heterocycles. The summed E-state index contributed by atoms with van der Waals surface area (Å²) >= 11 is 0. The maximum Gasteiger partial charge on any atom is 0.253 e. The highest BCUT2D eigenvalue weighted by Gasteiger charge is 2.26. The minimum Gasteiger partial charge on any atom is -0.341 e. The van der Waals surface area contributed by atoms with Gasteiger partial charge in [-0.05, 0) is 55.9 Å². The molecule has 1 aliphatic carbocycles. The Labute approximate surface area is 119 Å². The van der Waals surface area contributed by atoms with E-state index >= 15 is 0 Å². The quantitative estimate of drug-likeness (QED) is 0.912. The average Bonchev–Trinajstić information content (AvgIpc) is 3.13. The second-order valence-corrected chi connectivity index (χ2v) is 7.12. The molecular formula is C14H20N2O3S. The van der Waals surface area contributed by atoms with Gasteiger partial charge in [0.1, 0.15) is 0 Å². The number of benzene rings is 1. The molecule has 1 fully saturated rings. The van der Waals surface area contributed by atoms with Gasteiger partial charge in [0.05, 0.1) is 4.90 Å². The van der Waals surface area contributed by atoms with Crippen molar-refractivity contribution in [2.45, 2.75) is 31.6 Å². The molecule has 0 bridgehead atoms. The van der Waals surface area contributed by atoms with Crippen molar-refractivity contribution in [2.75, 3.05) is 13.6 Å². The molecule has 5 nitrogen and oxygen atoms in total. The van der Waals surface area contributed by atoms with Gasteiger partial charge in [0.25, 0.3) is 5.91 Å². The van der Waals surface area contributed by atoms with E-state index in [0.717, 1.165) is 24.9 Å². The van der Waals surface area contributed by atoms with Gasteiger partial charge in [-0.15, -0.1) is 0 Å². The first kappa shape index (κ1) is 15.0. The van der Waals surface area contributed by atoms with Crippen molar-refractivity contribution in [3.8, 4) is 0 Å². The van der Waals surface area contributed by atoms with E-state index in [1.54, 1.807) is 31.9 Å². The monoisotopic (exact) mass is 296 g/mol. The van der Waals surface area contributed by atoms with Gasteiger partial charge in [0, 0.05) is 19.2 Å². The second-order valence-electron chi connectivity index (χ2n) is 5.59. The van der Waals surface area contributed by atoms with Crippen LogP contribution in [0.2, 0.25) is 0 Å². The Morgan fingerprint density at radius 3 is 2.45 bits per heavy atom. The minimum absolute atomic E-state index is 0.0284. The zero-order valence-corrected chi connectivity index (χ0v) is 12.8. The standard InChI is InChI=1S/C14H20N2O3S/c1-9-6-12(7-13(10(9)2)20(15,18)19)14(17)16(3)8-11-4-5-11/h6-7,11H,4-5,8H2,1-3H3,(H2,15,18,19). The highest BCUT2D eigenvalue weighted by molar-refractivity contribution is 7.89. The molecule has 1 saturated carbocycles. The van der Waals surface area contributed by atoms with Crippen LogP contribution in [0.1, 0.15) is 34.3 Å². The fraction of sp³-hybridized carbons (Fsp3) is 0.500. The molecule has 2 rings (SSSR count).